The van der Waals surface area contributed by atoms with Crippen LogP contribution in [0.25, 0.3) is 26.4 Å². The largest absolute Gasteiger partial charge is 0.308 e. The van der Waals surface area contributed by atoms with E-state index in [0.29, 0.717) is 32.3 Å². The first-order valence-corrected chi connectivity index (χ1v) is 10.3. The molecule has 4 heterocycles. The second-order valence-electron chi connectivity index (χ2n) is 6.24. The van der Waals surface area contributed by atoms with Crippen molar-refractivity contribution in [2.24, 2.45) is 0 Å². The third-order valence-electron chi connectivity index (χ3n) is 4.40. The maximum Gasteiger partial charge on any atom is 0.262 e. The average molecular weight is 425 g/mol. The number of carbonyl (C=O) groups is 1. The molecule has 4 aromatic heterocycles. The number of carbonyl (C=O) groups excluding carboxylic acids is 1. The maximum atomic E-state index is 13.3. The van der Waals surface area contributed by atoms with E-state index < -0.39 is 0 Å². The fraction of sp³-hybridized carbons (Fsp3) is 0.0526. The summed E-state index contributed by atoms with van der Waals surface area (Å²) >= 11 is 2.79. The molecule has 0 atom stereocenters. The number of hydrogen-bond acceptors (Lipinski definition) is 6. The monoisotopic (exact) mass is 425 g/mol. The van der Waals surface area contributed by atoms with Crippen LogP contribution in [0.15, 0.2) is 58.4 Å². The van der Waals surface area contributed by atoms with Gasteiger partial charge in [0, 0.05) is 17.1 Å². The van der Waals surface area contributed by atoms with Gasteiger partial charge >= 0.3 is 0 Å². The SMILES string of the molecule is O=C(Cn1cnc2sccc2c1=O)Nc1c(-c2ccc(F)cc2)nc2sccn12. The topological polar surface area (TPSA) is 81.3 Å². The van der Waals surface area contributed by atoms with Gasteiger partial charge in [-0.05, 0) is 35.7 Å². The molecule has 1 aromatic carbocycles. The summed E-state index contributed by atoms with van der Waals surface area (Å²) in [5.41, 5.74) is 0.944. The summed E-state index contributed by atoms with van der Waals surface area (Å²) in [6.07, 6.45) is 3.17. The molecule has 0 aliphatic heterocycles. The number of amides is 1. The molecule has 5 rings (SSSR count). The van der Waals surface area contributed by atoms with Crippen LogP contribution in [-0.4, -0.2) is 24.8 Å². The number of nitrogens with zero attached hydrogens (tertiary/aromatic N) is 4. The Kier molecular flexibility index (Phi) is 4.22. The Hall–Kier alpha value is -3.37. The number of nitrogens with one attached hydrogen (secondary N) is 1. The van der Waals surface area contributed by atoms with Crippen molar-refractivity contribution in [3.63, 3.8) is 0 Å². The number of halogens is 1. The minimum Gasteiger partial charge on any atom is -0.308 e. The summed E-state index contributed by atoms with van der Waals surface area (Å²) < 4.78 is 16.3. The number of thiazole rings is 1. The van der Waals surface area contributed by atoms with E-state index in [4.69, 9.17) is 0 Å². The van der Waals surface area contributed by atoms with Gasteiger partial charge in [0.15, 0.2) is 4.96 Å². The lowest BCUT2D eigenvalue weighted by molar-refractivity contribution is -0.116. The zero-order chi connectivity index (χ0) is 20.0. The first-order chi connectivity index (χ1) is 14.1. The van der Waals surface area contributed by atoms with E-state index in [1.54, 1.807) is 34.2 Å². The molecule has 0 fully saturated rings. The van der Waals surface area contributed by atoms with Crippen LogP contribution < -0.4 is 10.9 Å². The molecular weight excluding hydrogens is 413 g/mol. The second-order valence-corrected chi connectivity index (χ2v) is 8.00. The Morgan fingerprint density at radius 1 is 1.14 bits per heavy atom. The highest BCUT2D eigenvalue weighted by Gasteiger charge is 2.18. The zero-order valence-corrected chi connectivity index (χ0v) is 16.3. The van der Waals surface area contributed by atoms with Gasteiger partial charge in [-0.15, -0.1) is 22.7 Å². The molecule has 0 spiro atoms. The van der Waals surface area contributed by atoms with Crippen molar-refractivity contribution in [2.45, 2.75) is 6.54 Å². The molecule has 0 bridgehead atoms. The standard InChI is InChI=1S/C19H12FN5O2S2/c20-12-3-1-11(2-4-12)15-16(25-6-8-29-19(25)23-15)22-14(26)9-24-10-21-17-13(18(24)27)5-7-28-17/h1-8,10H,9H2,(H,22,26). The Bertz CT molecular complexity index is 1410. The Balaban J connectivity index is 1.49. The van der Waals surface area contributed by atoms with Crippen LogP contribution >= 0.6 is 22.7 Å². The second kappa shape index (κ2) is 6.90. The first kappa shape index (κ1) is 17.7. The number of fused-ring (bicyclic) bond motifs is 2. The summed E-state index contributed by atoms with van der Waals surface area (Å²) in [5, 5.41) is 6.97. The lowest BCUT2D eigenvalue weighted by Gasteiger charge is -2.09. The van der Waals surface area contributed by atoms with Crippen molar-refractivity contribution in [1.29, 1.82) is 0 Å². The first-order valence-electron chi connectivity index (χ1n) is 8.54. The van der Waals surface area contributed by atoms with Crippen molar-refractivity contribution in [1.82, 2.24) is 18.9 Å². The van der Waals surface area contributed by atoms with Crippen molar-refractivity contribution in [3.05, 3.63) is 69.8 Å². The fourth-order valence-corrected chi connectivity index (χ4v) is 4.48. The molecule has 0 saturated carbocycles. The summed E-state index contributed by atoms with van der Waals surface area (Å²) in [6.45, 7) is -0.183. The van der Waals surface area contributed by atoms with Gasteiger partial charge in [-0.1, -0.05) is 0 Å². The Morgan fingerprint density at radius 3 is 2.79 bits per heavy atom. The van der Waals surface area contributed by atoms with E-state index in [2.05, 4.69) is 15.3 Å². The van der Waals surface area contributed by atoms with E-state index in [1.807, 2.05) is 5.38 Å². The van der Waals surface area contributed by atoms with Gasteiger partial charge in [0.1, 0.15) is 28.7 Å². The van der Waals surface area contributed by atoms with Gasteiger partial charge in [-0.25, -0.2) is 14.4 Å². The van der Waals surface area contributed by atoms with Gasteiger partial charge in [-0.2, -0.15) is 0 Å². The van der Waals surface area contributed by atoms with E-state index in [-0.39, 0.29) is 23.8 Å². The summed E-state index contributed by atoms with van der Waals surface area (Å²) in [5.74, 6) is -0.272. The summed E-state index contributed by atoms with van der Waals surface area (Å²) in [4.78, 5) is 35.3. The molecule has 29 heavy (non-hydrogen) atoms. The van der Waals surface area contributed by atoms with Crippen molar-refractivity contribution >= 4 is 49.6 Å². The van der Waals surface area contributed by atoms with Crippen LogP contribution in [-0.2, 0) is 11.3 Å². The summed E-state index contributed by atoms with van der Waals surface area (Å²) in [6, 6.07) is 7.60. The van der Waals surface area contributed by atoms with Gasteiger partial charge in [0.25, 0.3) is 5.56 Å². The minimum absolute atomic E-state index is 0.183. The van der Waals surface area contributed by atoms with Crippen LogP contribution in [0.4, 0.5) is 10.2 Å². The smallest absolute Gasteiger partial charge is 0.262 e. The van der Waals surface area contributed by atoms with Gasteiger partial charge in [0.05, 0.1) is 11.7 Å². The third-order valence-corrected chi connectivity index (χ3v) is 5.98. The molecular formula is C19H12FN5O2S2. The van der Waals surface area contributed by atoms with E-state index in [9.17, 15) is 14.0 Å². The molecule has 144 valence electrons. The molecule has 10 heteroatoms. The molecule has 5 aromatic rings. The molecule has 7 nitrogen and oxygen atoms in total. The van der Waals surface area contributed by atoms with Gasteiger partial charge < -0.3 is 5.32 Å². The molecule has 1 N–H and O–H groups in total. The van der Waals surface area contributed by atoms with Crippen molar-refractivity contribution in [2.75, 3.05) is 5.32 Å². The molecule has 0 saturated heterocycles. The van der Waals surface area contributed by atoms with Crippen LogP contribution in [0.5, 0.6) is 0 Å². The zero-order valence-electron chi connectivity index (χ0n) is 14.7. The van der Waals surface area contributed by atoms with Crippen molar-refractivity contribution in [3.8, 4) is 11.3 Å². The lowest BCUT2D eigenvalue weighted by Crippen LogP contribution is -2.28. The van der Waals surface area contributed by atoms with Crippen LogP contribution in [0, 0.1) is 5.82 Å². The Morgan fingerprint density at radius 2 is 1.97 bits per heavy atom. The molecule has 1 amide bonds. The lowest BCUT2D eigenvalue weighted by atomic mass is 10.1. The number of thiophene rings is 1. The predicted molar refractivity (Wildman–Crippen MR) is 111 cm³/mol. The number of hydrogen-bond donors (Lipinski definition) is 1. The van der Waals surface area contributed by atoms with E-state index in [0.717, 1.165) is 0 Å². The maximum absolute atomic E-state index is 13.3. The molecule has 0 aliphatic carbocycles. The van der Waals surface area contributed by atoms with Crippen LogP contribution in [0.3, 0.4) is 0 Å². The number of rotatable bonds is 4. The number of anilines is 1. The van der Waals surface area contributed by atoms with Gasteiger partial charge in [0.2, 0.25) is 5.91 Å². The number of benzene rings is 1. The third kappa shape index (κ3) is 3.12. The normalized spacial score (nSPS) is 11.3. The summed E-state index contributed by atoms with van der Waals surface area (Å²) in [7, 11) is 0. The highest BCUT2D eigenvalue weighted by atomic mass is 32.1. The number of imidazole rings is 1. The van der Waals surface area contributed by atoms with E-state index in [1.165, 1.54) is 45.7 Å². The Labute approximate surface area is 170 Å². The fourth-order valence-electron chi connectivity index (χ4n) is 3.05. The molecule has 0 radical (unpaired) electrons. The molecule has 0 unspecified atom stereocenters. The highest BCUT2D eigenvalue weighted by molar-refractivity contribution is 7.16. The minimum atomic E-state index is -0.389. The van der Waals surface area contributed by atoms with Crippen LogP contribution in [0.1, 0.15) is 0 Å². The number of aromatic nitrogens is 4. The quantitative estimate of drug-likeness (QED) is 0.477. The molecule has 0 aliphatic rings. The van der Waals surface area contributed by atoms with E-state index >= 15 is 0 Å². The average Bonchev–Trinajstić information content (AvgIpc) is 3.42. The predicted octanol–water partition coefficient (Wildman–Crippen LogP) is 3.61. The van der Waals surface area contributed by atoms with Crippen molar-refractivity contribution < 1.29 is 9.18 Å². The van der Waals surface area contributed by atoms with Gasteiger partial charge in [-0.3, -0.25) is 18.6 Å². The van der Waals surface area contributed by atoms with Crippen LogP contribution in [0.2, 0.25) is 0 Å². The highest BCUT2D eigenvalue weighted by Crippen LogP contribution is 2.30.